The lowest BCUT2D eigenvalue weighted by Crippen LogP contribution is -2.25. The van der Waals surface area contributed by atoms with Crippen LogP contribution in [0.25, 0.3) is 0 Å². The monoisotopic (exact) mass is 231 g/mol. The van der Waals surface area contributed by atoms with Crippen molar-refractivity contribution in [2.45, 2.75) is 6.42 Å². The van der Waals surface area contributed by atoms with Gasteiger partial charge in [0.05, 0.1) is 6.54 Å². The number of nitrogens with zero attached hydrogens (tertiary/aromatic N) is 2. The van der Waals surface area contributed by atoms with Gasteiger partial charge in [-0.3, -0.25) is 9.79 Å². The van der Waals surface area contributed by atoms with Crippen molar-refractivity contribution >= 4 is 11.6 Å². The highest BCUT2D eigenvalue weighted by atomic mass is 16.1. The summed E-state index contributed by atoms with van der Waals surface area (Å²) in [5.41, 5.74) is 7.09. The lowest BCUT2D eigenvalue weighted by atomic mass is 10.0. The molecule has 0 aliphatic carbocycles. The number of ketones is 1. The zero-order valence-electron chi connectivity index (χ0n) is 10.0. The Morgan fingerprint density at radius 3 is 2.88 bits per heavy atom. The zero-order valence-corrected chi connectivity index (χ0v) is 10.0. The number of carbonyl (C=O) groups is 1. The maximum atomic E-state index is 12.0. The molecular weight excluding hydrogens is 214 g/mol. The molecule has 17 heavy (non-hydrogen) atoms. The van der Waals surface area contributed by atoms with Crippen LogP contribution in [-0.2, 0) is 0 Å². The fraction of sp³-hybridized carbons (Fsp3) is 0.385. The van der Waals surface area contributed by atoms with Crippen molar-refractivity contribution in [1.82, 2.24) is 4.90 Å². The number of nitrogens with two attached hydrogens (primary N) is 1. The van der Waals surface area contributed by atoms with E-state index in [0.29, 0.717) is 13.0 Å². The van der Waals surface area contributed by atoms with Gasteiger partial charge in [-0.05, 0) is 6.54 Å². The van der Waals surface area contributed by atoms with Crippen LogP contribution in [-0.4, -0.2) is 43.2 Å². The van der Waals surface area contributed by atoms with Gasteiger partial charge in [0.1, 0.15) is 5.84 Å². The molecule has 4 heteroatoms. The second kappa shape index (κ2) is 5.10. The Morgan fingerprint density at radius 1 is 1.47 bits per heavy atom. The topological polar surface area (TPSA) is 58.7 Å². The molecule has 2 rings (SSSR count). The third kappa shape index (κ3) is 2.36. The van der Waals surface area contributed by atoms with Crippen molar-refractivity contribution in [2.24, 2.45) is 10.7 Å². The predicted molar refractivity (Wildman–Crippen MR) is 68.5 cm³/mol. The van der Waals surface area contributed by atoms with Gasteiger partial charge in [0, 0.05) is 31.1 Å². The first-order valence-corrected chi connectivity index (χ1v) is 5.82. The summed E-state index contributed by atoms with van der Waals surface area (Å²) in [6.07, 6.45) is 0.383. The summed E-state index contributed by atoms with van der Waals surface area (Å²) in [6.45, 7) is 2.09. The van der Waals surface area contributed by atoms with Crippen molar-refractivity contribution in [1.29, 1.82) is 0 Å². The van der Waals surface area contributed by atoms with Crippen LogP contribution in [0.1, 0.15) is 22.3 Å². The summed E-state index contributed by atoms with van der Waals surface area (Å²) in [5.74, 6) is 0.997. The first-order chi connectivity index (χ1) is 8.24. The van der Waals surface area contributed by atoms with E-state index in [4.69, 9.17) is 5.73 Å². The van der Waals surface area contributed by atoms with Gasteiger partial charge >= 0.3 is 0 Å². The lowest BCUT2D eigenvalue weighted by Gasteiger charge is -2.16. The van der Waals surface area contributed by atoms with E-state index in [1.807, 2.05) is 31.3 Å². The molecule has 1 aliphatic heterocycles. The molecule has 1 aliphatic rings. The molecule has 2 N–H and O–H groups in total. The molecule has 0 spiro atoms. The summed E-state index contributed by atoms with van der Waals surface area (Å²) < 4.78 is 0. The molecule has 0 amide bonds. The van der Waals surface area contributed by atoms with E-state index in [0.717, 1.165) is 30.1 Å². The molecular formula is C13H17N3O. The molecule has 0 bridgehead atoms. The molecule has 0 radical (unpaired) electrons. The Labute approximate surface area is 101 Å². The van der Waals surface area contributed by atoms with Gasteiger partial charge in [0.2, 0.25) is 0 Å². The summed E-state index contributed by atoms with van der Waals surface area (Å²) in [5, 5.41) is 0. The van der Waals surface area contributed by atoms with Crippen LogP contribution >= 0.6 is 0 Å². The Balaban J connectivity index is 2.37. The fourth-order valence-corrected chi connectivity index (χ4v) is 2.01. The van der Waals surface area contributed by atoms with Gasteiger partial charge in [-0.15, -0.1) is 0 Å². The summed E-state index contributed by atoms with van der Waals surface area (Å²) in [7, 11) is 2.00. The minimum atomic E-state index is 0.0890. The van der Waals surface area contributed by atoms with E-state index >= 15 is 0 Å². The number of hydrogen-bond acceptors (Lipinski definition) is 4. The normalized spacial score (nSPS) is 14.9. The number of amidine groups is 1. The highest BCUT2D eigenvalue weighted by molar-refractivity contribution is 6.10. The number of likely N-dealkylation sites (N-methyl/N-ethyl adjacent to an activating group) is 1. The van der Waals surface area contributed by atoms with Crippen LogP contribution in [0, 0.1) is 0 Å². The molecule has 0 saturated carbocycles. The predicted octanol–water partition coefficient (Wildman–Crippen LogP) is 0.910. The van der Waals surface area contributed by atoms with Gasteiger partial charge in [0.25, 0.3) is 0 Å². The van der Waals surface area contributed by atoms with E-state index in [9.17, 15) is 4.79 Å². The van der Waals surface area contributed by atoms with Crippen molar-refractivity contribution in [3.05, 3.63) is 35.4 Å². The van der Waals surface area contributed by atoms with Crippen molar-refractivity contribution in [2.75, 3.05) is 26.7 Å². The van der Waals surface area contributed by atoms with Gasteiger partial charge in [-0.25, -0.2) is 0 Å². The largest absolute Gasteiger partial charge is 0.358 e. The number of aliphatic imine (C=N–C) groups is 1. The first-order valence-electron chi connectivity index (χ1n) is 5.82. The summed E-state index contributed by atoms with van der Waals surface area (Å²) in [4.78, 5) is 18.5. The molecule has 1 aromatic rings. The molecule has 0 aromatic heterocycles. The Kier molecular flexibility index (Phi) is 3.54. The quantitative estimate of drug-likeness (QED) is 0.784. The Morgan fingerprint density at radius 2 is 2.24 bits per heavy atom. The maximum Gasteiger partial charge on any atom is 0.164 e. The highest BCUT2D eigenvalue weighted by Crippen LogP contribution is 2.16. The first kappa shape index (κ1) is 11.8. The summed E-state index contributed by atoms with van der Waals surface area (Å²) in [6, 6.07) is 7.61. The van der Waals surface area contributed by atoms with Crippen LogP contribution < -0.4 is 5.73 Å². The van der Waals surface area contributed by atoms with Crippen molar-refractivity contribution in [3.8, 4) is 0 Å². The molecule has 0 unspecified atom stereocenters. The smallest absolute Gasteiger partial charge is 0.164 e. The lowest BCUT2D eigenvalue weighted by molar-refractivity contribution is 0.0985. The van der Waals surface area contributed by atoms with Crippen LogP contribution in [0.5, 0.6) is 0 Å². The van der Waals surface area contributed by atoms with Crippen LogP contribution in [0.2, 0.25) is 0 Å². The SMILES string of the molecule is CN1CCN=C1c1ccccc1C(=O)CCN. The zero-order chi connectivity index (χ0) is 12.3. The minimum Gasteiger partial charge on any atom is -0.358 e. The Hall–Kier alpha value is -1.68. The van der Waals surface area contributed by atoms with Gasteiger partial charge in [-0.2, -0.15) is 0 Å². The van der Waals surface area contributed by atoms with Crippen molar-refractivity contribution < 1.29 is 4.79 Å². The highest BCUT2D eigenvalue weighted by Gasteiger charge is 2.19. The molecule has 0 fully saturated rings. The third-order valence-electron chi connectivity index (χ3n) is 2.90. The van der Waals surface area contributed by atoms with E-state index in [-0.39, 0.29) is 5.78 Å². The minimum absolute atomic E-state index is 0.0890. The van der Waals surface area contributed by atoms with Gasteiger partial charge in [-0.1, -0.05) is 24.3 Å². The van der Waals surface area contributed by atoms with E-state index in [1.165, 1.54) is 0 Å². The molecule has 1 aromatic carbocycles. The second-order valence-corrected chi connectivity index (χ2v) is 4.13. The van der Waals surface area contributed by atoms with Crippen LogP contribution in [0.4, 0.5) is 0 Å². The fourth-order valence-electron chi connectivity index (χ4n) is 2.01. The van der Waals surface area contributed by atoms with E-state index < -0.39 is 0 Å². The number of Topliss-reactive ketones (excluding diaryl/α,β-unsaturated/α-hetero) is 1. The molecule has 0 saturated heterocycles. The molecule has 0 atom stereocenters. The number of benzene rings is 1. The standard InChI is InChI=1S/C13H17N3O/c1-16-9-8-15-13(16)11-5-3-2-4-10(11)12(17)6-7-14/h2-5H,6-9,14H2,1H3. The third-order valence-corrected chi connectivity index (χ3v) is 2.90. The second-order valence-electron chi connectivity index (χ2n) is 4.13. The Bertz CT molecular complexity index is 454. The maximum absolute atomic E-state index is 12.0. The number of carbonyl (C=O) groups excluding carboxylic acids is 1. The van der Waals surface area contributed by atoms with Crippen LogP contribution in [0.3, 0.4) is 0 Å². The van der Waals surface area contributed by atoms with E-state index in [1.54, 1.807) is 0 Å². The average Bonchev–Trinajstić information content (AvgIpc) is 2.76. The van der Waals surface area contributed by atoms with Gasteiger partial charge in [0.15, 0.2) is 5.78 Å². The molecule has 1 heterocycles. The summed E-state index contributed by atoms with van der Waals surface area (Å²) >= 11 is 0. The molecule has 4 nitrogen and oxygen atoms in total. The molecule has 90 valence electrons. The van der Waals surface area contributed by atoms with Gasteiger partial charge < -0.3 is 10.6 Å². The number of rotatable bonds is 4. The number of hydrogen-bond donors (Lipinski definition) is 1. The van der Waals surface area contributed by atoms with Crippen LogP contribution in [0.15, 0.2) is 29.3 Å². The van der Waals surface area contributed by atoms with E-state index in [2.05, 4.69) is 9.89 Å². The van der Waals surface area contributed by atoms with Crippen molar-refractivity contribution in [3.63, 3.8) is 0 Å². The average molecular weight is 231 g/mol.